The van der Waals surface area contributed by atoms with E-state index in [-0.39, 0.29) is 12.1 Å². The summed E-state index contributed by atoms with van der Waals surface area (Å²) in [5.41, 5.74) is 3.91. The molecular formula is C20H19N3O3. The summed E-state index contributed by atoms with van der Waals surface area (Å²) in [5, 5.41) is 6.79. The van der Waals surface area contributed by atoms with Crippen molar-refractivity contribution >= 4 is 33.8 Å². The van der Waals surface area contributed by atoms with Crippen molar-refractivity contribution in [3.8, 4) is 0 Å². The number of aromatic nitrogens is 1. The minimum Gasteiger partial charge on any atom is -0.459 e. The average Bonchev–Trinajstić information content (AvgIpc) is 3.14. The van der Waals surface area contributed by atoms with Gasteiger partial charge < -0.3 is 19.5 Å². The van der Waals surface area contributed by atoms with Crippen LogP contribution in [0.2, 0.25) is 0 Å². The second-order valence-electron chi connectivity index (χ2n) is 6.32. The van der Waals surface area contributed by atoms with Crippen LogP contribution in [-0.4, -0.2) is 11.0 Å². The highest BCUT2D eigenvalue weighted by molar-refractivity contribution is 5.92. The van der Waals surface area contributed by atoms with Crippen molar-refractivity contribution in [3.63, 3.8) is 0 Å². The Morgan fingerprint density at radius 3 is 2.69 bits per heavy atom. The molecule has 0 aliphatic heterocycles. The summed E-state index contributed by atoms with van der Waals surface area (Å²) in [5.74, 6) is 1.35. The molecule has 6 heteroatoms. The highest BCUT2D eigenvalue weighted by atomic mass is 16.3. The van der Waals surface area contributed by atoms with E-state index in [9.17, 15) is 4.79 Å². The molecule has 0 spiro atoms. The van der Waals surface area contributed by atoms with Gasteiger partial charge in [0.1, 0.15) is 16.9 Å². The zero-order chi connectivity index (χ0) is 18.3. The molecule has 0 saturated carbocycles. The van der Waals surface area contributed by atoms with Crippen LogP contribution >= 0.6 is 0 Å². The van der Waals surface area contributed by atoms with E-state index in [4.69, 9.17) is 8.83 Å². The molecule has 26 heavy (non-hydrogen) atoms. The molecule has 4 rings (SSSR count). The van der Waals surface area contributed by atoms with Gasteiger partial charge in [0.15, 0.2) is 11.5 Å². The average molecular weight is 349 g/mol. The Labute approximate surface area is 150 Å². The first kappa shape index (κ1) is 16.2. The largest absolute Gasteiger partial charge is 0.459 e. The van der Waals surface area contributed by atoms with E-state index in [0.717, 1.165) is 22.3 Å². The van der Waals surface area contributed by atoms with E-state index in [2.05, 4.69) is 15.6 Å². The number of urea groups is 1. The number of amides is 2. The van der Waals surface area contributed by atoms with Crippen LogP contribution < -0.4 is 10.6 Å². The Hall–Kier alpha value is -3.28. The smallest absolute Gasteiger partial charge is 0.319 e. The maximum Gasteiger partial charge on any atom is 0.319 e. The van der Waals surface area contributed by atoms with Gasteiger partial charge in [-0.05, 0) is 38.1 Å². The number of benzene rings is 2. The Bertz CT molecular complexity index is 1110. The SMILES string of the molecule is Cc1nc2cc(NC(=O)N[C@H](C)c3oc4ccccc4c3C)ccc2o1. The number of rotatable bonds is 3. The fourth-order valence-corrected chi connectivity index (χ4v) is 3.16. The first-order chi connectivity index (χ1) is 12.5. The predicted molar refractivity (Wildman–Crippen MR) is 100 cm³/mol. The van der Waals surface area contributed by atoms with Crippen LogP contribution in [0.15, 0.2) is 51.3 Å². The number of carbonyl (C=O) groups is 1. The van der Waals surface area contributed by atoms with Gasteiger partial charge in [-0.1, -0.05) is 18.2 Å². The summed E-state index contributed by atoms with van der Waals surface area (Å²) in [6.07, 6.45) is 0. The van der Waals surface area contributed by atoms with E-state index in [1.165, 1.54) is 0 Å². The van der Waals surface area contributed by atoms with Gasteiger partial charge in [-0.3, -0.25) is 0 Å². The van der Waals surface area contributed by atoms with Gasteiger partial charge in [-0.15, -0.1) is 0 Å². The zero-order valence-corrected chi connectivity index (χ0v) is 14.8. The lowest BCUT2D eigenvalue weighted by atomic mass is 10.1. The van der Waals surface area contributed by atoms with Crippen LogP contribution in [0.4, 0.5) is 10.5 Å². The van der Waals surface area contributed by atoms with E-state index in [1.807, 2.05) is 38.1 Å². The highest BCUT2D eigenvalue weighted by Crippen LogP contribution is 2.29. The van der Waals surface area contributed by atoms with Crippen molar-refractivity contribution in [1.82, 2.24) is 10.3 Å². The van der Waals surface area contributed by atoms with Gasteiger partial charge >= 0.3 is 6.03 Å². The second-order valence-corrected chi connectivity index (χ2v) is 6.32. The van der Waals surface area contributed by atoms with Crippen LogP contribution in [0.1, 0.15) is 30.2 Å². The lowest BCUT2D eigenvalue weighted by Crippen LogP contribution is -2.31. The summed E-state index contributed by atoms with van der Waals surface area (Å²) in [6.45, 7) is 5.68. The molecule has 0 saturated heterocycles. The van der Waals surface area contributed by atoms with Gasteiger partial charge in [0.2, 0.25) is 0 Å². The fraction of sp³-hybridized carbons (Fsp3) is 0.200. The Kier molecular flexibility index (Phi) is 3.88. The molecule has 0 aliphatic rings. The molecule has 4 aromatic rings. The molecule has 6 nitrogen and oxygen atoms in total. The van der Waals surface area contributed by atoms with Crippen molar-refractivity contribution < 1.29 is 13.6 Å². The Balaban J connectivity index is 1.50. The normalized spacial score (nSPS) is 12.4. The molecule has 0 unspecified atom stereocenters. The van der Waals surface area contributed by atoms with Crippen LogP contribution in [-0.2, 0) is 0 Å². The van der Waals surface area contributed by atoms with Crippen molar-refractivity contribution in [1.29, 1.82) is 0 Å². The molecule has 2 N–H and O–H groups in total. The first-order valence-electron chi connectivity index (χ1n) is 8.44. The topological polar surface area (TPSA) is 80.3 Å². The molecule has 132 valence electrons. The predicted octanol–water partition coefficient (Wildman–Crippen LogP) is 5.07. The molecule has 2 aromatic carbocycles. The fourth-order valence-electron chi connectivity index (χ4n) is 3.16. The lowest BCUT2D eigenvalue weighted by molar-refractivity contribution is 0.248. The van der Waals surface area contributed by atoms with Crippen molar-refractivity contribution in [2.75, 3.05) is 5.32 Å². The monoisotopic (exact) mass is 349 g/mol. The minimum atomic E-state index is -0.308. The number of anilines is 1. The molecule has 1 atom stereocenters. The quantitative estimate of drug-likeness (QED) is 0.541. The van der Waals surface area contributed by atoms with Crippen molar-refractivity contribution in [2.45, 2.75) is 26.8 Å². The van der Waals surface area contributed by atoms with Crippen LogP contribution in [0, 0.1) is 13.8 Å². The summed E-state index contributed by atoms with van der Waals surface area (Å²) < 4.78 is 11.3. The third kappa shape index (κ3) is 2.90. The van der Waals surface area contributed by atoms with E-state index < -0.39 is 0 Å². The molecule has 0 radical (unpaired) electrons. The van der Waals surface area contributed by atoms with E-state index >= 15 is 0 Å². The van der Waals surface area contributed by atoms with Gasteiger partial charge in [0, 0.05) is 23.6 Å². The van der Waals surface area contributed by atoms with Gasteiger partial charge in [-0.25, -0.2) is 9.78 Å². The number of oxazole rings is 1. The number of para-hydroxylation sites is 1. The van der Waals surface area contributed by atoms with Gasteiger partial charge in [0.05, 0.1) is 6.04 Å². The maximum atomic E-state index is 12.4. The van der Waals surface area contributed by atoms with Crippen LogP contribution in [0.3, 0.4) is 0 Å². The third-order valence-electron chi connectivity index (χ3n) is 4.37. The Morgan fingerprint density at radius 1 is 1.08 bits per heavy atom. The molecule has 0 aliphatic carbocycles. The zero-order valence-electron chi connectivity index (χ0n) is 14.8. The molecule has 2 aromatic heterocycles. The molecule has 0 fully saturated rings. The molecule has 2 heterocycles. The molecule has 2 amide bonds. The number of nitrogens with one attached hydrogen (secondary N) is 2. The van der Waals surface area contributed by atoms with E-state index in [1.54, 1.807) is 25.1 Å². The first-order valence-corrected chi connectivity index (χ1v) is 8.44. The van der Waals surface area contributed by atoms with Crippen molar-refractivity contribution in [3.05, 3.63) is 59.7 Å². The standard InChI is InChI=1S/C20H19N3O3/c1-11-15-6-4-5-7-17(15)26-19(11)12(2)21-20(24)23-14-8-9-18-16(10-14)22-13(3)25-18/h4-10,12H,1-3H3,(H2,21,23,24)/t12-/m1/s1. The van der Waals surface area contributed by atoms with Crippen LogP contribution in [0.25, 0.3) is 22.1 Å². The highest BCUT2D eigenvalue weighted by Gasteiger charge is 2.18. The number of furan rings is 1. The number of carbonyl (C=O) groups excluding carboxylic acids is 1. The van der Waals surface area contributed by atoms with Crippen LogP contribution in [0.5, 0.6) is 0 Å². The van der Waals surface area contributed by atoms with Gasteiger partial charge in [-0.2, -0.15) is 0 Å². The number of hydrogen-bond acceptors (Lipinski definition) is 4. The summed E-state index contributed by atoms with van der Waals surface area (Å²) >= 11 is 0. The summed E-state index contributed by atoms with van der Waals surface area (Å²) in [7, 11) is 0. The van der Waals surface area contributed by atoms with Crippen molar-refractivity contribution in [2.24, 2.45) is 0 Å². The number of aryl methyl sites for hydroxylation is 2. The Morgan fingerprint density at radius 2 is 1.88 bits per heavy atom. The molecular weight excluding hydrogens is 330 g/mol. The number of fused-ring (bicyclic) bond motifs is 2. The lowest BCUT2D eigenvalue weighted by Gasteiger charge is -2.13. The summed E-state index contributed by atoms with van der Waals surface area (Å²) in [6, 6.07) is 12.6. The molecule has 0 bridgehead atoms. The third-order valence-corrected chi connectivity index (χ3v) is 4.37. The van der Waals surface area contributed by atoms with Gasteiger partial charge in [0.25, 0.3) is 0 Å². The second kappa shape index (κ2) is 6.22. The number of nitrogens with zero attached hydrogens (tertiary/aromatic N) is 1. The van der Waals surface area contributed by atoms with E-state index in [0.29, 0.717) is 22.7 Å². The maximum absolute atomic E-state index is 12.4. The number of hydrogen-bond donors (Lipinski definition) is 2. The minimum absolute atomic E-state index is 0.263. The summed E-state index contributed by atoms with van der Waals surface area (Å²) in [4.78, 5) is 16.6.